The first-order valence-corrected chi connectivity index (χ1v) is 8.54. The van der Waals surface area contributed by atoms with Crippen molar-refractivity contribution >= 4 is 17.6 Å². The second kappa shape index (κ2) is 9.65. The van der Waals surface area contributed by atoms with Gasteiger partial charge in [-0.25, -0.2) is 4.79 Å². The third-order valence-corrected chi connectivity index (χ3v) is 3.62. The molecule has 2 rings (SSSR count). The number of pyridine rings is 1. The molecule has 0 unspecified atom stereocenters. The number of carbonyl (C=O) groups is 2. The summed E-state index contributed by atoms with van der Waals surface area (Å²) in [5.74, 6) is -1.43. The zero-order chi connectivity index (χ0) is 19.8. The van der Waals surface area contributed by atoms with Crippen LogP contribution in [0.25, 0.3) is 5.69 Å². The maximum atomic E-state index is 12.2. The van der Waals surface area contributed by atoms with E-state index in [1.165, 1.54) is 22.9 Å². The molecule has 1 heterocycles. The summed E-state index contributed by atoms with van der Waals surface area (Å²) in [6, 6.07) is 8.99. The molecule has 0 saturated heterocycles. The van der Waals surface area contributed by atoms with Gasteiger partial charge in [0, 0.05) is 31.2 Å². The lowest BCUT2D eigenvalue weighted by atomic mass is 10.2. The first-order valence-electron chi connectivity index (χ1n) is 8.54. The number of carbonyl (C=O) groups excluding carboxylic acids is 1. The molecule has 0 aliphatic carbocycles. The Labute approximate surface area is 156 Å². The van der Waals surface area contributed by atoms with Crippen LogP contribution < -0.4 is 10.9 Å². The van der Waals surface area contributed by atoms with Gasteiger partial charge < -0.3 is 19.9 Å². The molecule has 2 aromatic rings. The average Bonchev–Trinajstić information content (AvgIpc) is 2.62. The molecule has 0 spiro atoms. The van der Waals surface area contributed by atoms with Crippen LogP contribution in [0, 0.1) is 0 Å². The first-order chi connectivity index (χ1) is 12.9. The van der Waals surface area contributed by atoms with Crippen LogP contribution in [0.1, 0.15) is 30.6 Å². The van der Waals surface area contributed by atoms with Crippen molar-refractivity contribution in [1.29, 1.82) is 0 Å². The lowest BCUT2D eigenvalue weighted by molar-refractivity contribution is -0.150. The molecule has 0 atom stereocenters. The Bertz CT molecular complexity index is 855. The first kappa shape index (κ1) is 20.3. The molecule has 1 aromatic carbocycles. The topological polar surface area (TPSA) is 107 Å². The van der Waals surface area contributed by atoms with Crippen molar-refractivity contribution < 1.29 is 24.2 Å². The van der Waals surface area contributed by atoms with Gasteiger partial charge in [0.15, 0.2) is 6.29 Å². The average molecular weight is 374 g/mol. The van der Waals surface area contributed by atoms with Crippen molar-refractivity contribution in [1.82, 2.24) is 4.57 Å². The van der Waals surface area contributed by atoms with E-state index in [0.29, 0.717) is 24.6 Å². The van der Waals surface area contributed by atoms with Gasteiger partial charge in [-0.15, -0.1) is 0 Å². The van der Waals surface area contributed by atoms with Gasteiger partial charge in [-0.1, -0.05) is 6.07 Å². The van der Waals surface area contributed by atoms with Crippen LogP contribution in [-0.2, 0) is 14.3 Å². The van der Waals surface area contributed by atoms with E-state index in [0.717, 1.165) is 0 Å². The predicted octanol–water partition coefficient (Wildman–Crippen LogP) is 2.26. The summed E-state index contributed by atoms with van der Waals surface area (Å²) < 4.78 is 11.9. The summed E-state index contributed by atoms with van der Waals surface area (Å²) >= 11 is 0. The van der Waals surface area contributed by atoms with E-state index in [9.17, 15) is 14.4 Å². The Kier molecular flexibility index (Phi) is 7.27. The van der Waals surface area contributed by atoms with E-state index in [-0.39, 0.29) is 23.5 Å². The number of hydrogen-bond acceptors (Lipinski definition) is 5. The number of aromatic carboxylic acids is 1. The second-order valence-corrected chi connectivity index (χ2v) is 5.57. The number of aromatic nitrogens is 1. The Morgan fingerprint density at radius 2 is 1.85 bits per heavy atom. The summed E-state index contributed by atoms with van der Waals surface area (Å²) in [6.45, 7) is 4.49. The number of nitrogens with zero attached hydrogens (tertiary/aromatic N) is 1. The standard InChI is InChI=1S/C19H22N2O6/c1-3-26-18(27-4-2)11-16(22)20-14-6-5-7-15(10-14)21-12-13(19(24)25)8-9-17(21)23/h5-10,12,18H,3-4,11H2,1-2H3,(H,20,22)(H,24,25). The van der Waals surface area contributed by atoms with Crippen LogP contribution in [0.2, 0.25) is 0 Å². The van der Waals surface area contributed by atoms with Crippen molar-refractivity contribution in [2.24, 2.45) is 0 Å². The Morgan fingerprint density at radius 1 is 1.15 bits per heavy atom. The van der Waals surface area contributed by atoms with E-state index in [4.69, 9.17) is 14.6 Å². The highest BCUT2D eigenvalue weighted by Crippen LogP contribution is 2.15. The minimum absolute atomic E-state index is 0.0136. The van der Waals surface area contributed by atoms with E-state index < -0.39 is 12.3 Å². The molecule has 8 nitrogen and oxygen atoms in total. The molecule has 0 aliphatic heterocycles. The summed E-state index contributed by atoms with van der Waals surface area (Å²) in [6.07, 6.45) is 0.643. The summed E-state index contributed by atoms with van der Waals surface area (Å²) in [5.41, 5.74) is 0.514. The number of carboxylic acids is 1. The molecule has 0 aliphatic rings. The number of carboxylic acid groups (broad SMARTS) is 1. The van der Waals surface area contributed by atoms with Gasteiger partial charge in [0.05, 0.1) is 17.7 Å². The highest BCUT2D eigenvalue weighted by atomic mass is 16.7. The number of benzene rings is 1. The van der Waals surface area contributed by atoms with Gasteiger partial charge in [0.2, 0.25) is 5.91 Å². The van der Waals surface area contributed by atoms with Gasteiger partial charge in [-0.2, -0.15) is 0 Å². The van der Waals surface area contributed by atoms with Crippen molar-refractivity contribution in [2.45, 2.75) is 26.6 Å². The molecular weight excluding hydrogens is 352 g/mol. The highest BCUT2D eigenvalue weighted by Gasteiger charge is 2.14. The van der Waals surface area contributed by atoms with Crippen molar-refractivity contribution in [2.75, 3.05) is 18.5 Å². The molecule has 0 fully saturated rings. The van der Waals surface area contributed by atoms with Gasteiger partial charge in [0.25, 0.3) is 5.56 Å². The quantitative estimate of drug-likeness (QED) is 0.652. The van der Waals surface area contributed by atoms with Crippen LogP contribution in [0.4, 0.5) is 5.69 Å². The largest absolute Gasteiger partial charge is 0.478 e. The fourth-order valence-corrected chi connectivity index (χ4v) is 2.45. The molecular formula is C19H22N2O6. The molecule has 1 amide bonds. The Morgan fingerprint density at radius 3 is 2.48 bits per heavy atom. The Balaban J connectivity index is 2.18. The van der Waals surface area contributed by atoms with Crippen LogP contribution in [0.15, 0.2) is 47.4 Å². The number of ether oxygens (including phenoxy) is 2. The smallest absolute Gasteiger partial charge is 0.337 e. The lowest BCUT2D eigenvalue weighted by Gasteiger charge is -2.16. The van der Waals surface area contributed by atoms with E-state index in [1.807, 2.05) is 13.8 Å². The van der Waals surface area contributed by atoms with Gasteiger partial charge in [-0.3, -0.25) is 14.2 Å². The van der Waals surface area contributed by atoms with E-state index in [2.05, 4.69) is 5.32 Å². The molecule has 144 valence electrons. The summed E-state index contributed by atoms with van der Waals surface area (Å²) in [5, 5.41) is 11.8. The van der Waals surface area contributed by atoms with E-state index in [1.54, 1.807) is 24.3 Å². The highest BCUT2D eigenvalue weighted by molar-refractivity contribution is 5.91. The number of nitrogens with one attached hydrogen (secondary N) is 1. The normalized spacial score (nSPS) is 10.8. The second-order valence-electron chi connectivity index (χ2n) is 5.57. The molecule has 0 radical (unpaired) electrons. The van der Waals surface area contributed by atoms with Crippen LogP contribution in [0.3, 0.4) is 0 Å². The zero-order valence-electron chi connectivity index (χ0n) is 15.2. The molecule has 0 saturated carbocycles. The van der Waals surface area contributed by atoms with Crippen LogP contribution in [0.5, 0.6) is 0 Å². The lowest BCUT2D eigenvalue weighted by Crippen LogP contribution is -2.25. The number of anilines is 1. The molecule has 8 heteroatoms. The minimum Gasteiger partial charge on any atom is -0.478 e. The molecule has 1 aromatic heterocycles. The maximum absolute atomic E-state index is 12.2. The van der Waals surface area contributed by atoms with Crippen molar-refractivity contribution in [3.8, 4) is 5.69 Å². The monoisotopic (exact) mass is 374 g/mol. The third-order valence-electron chi connectivity index (χ3n) is 3.62. The van der Waals surface area contributed by atoms with E-state index >= 15 is 0 Å². The predicted molar refractivity (Wildman–Crippen MR) is 99.3 cm³/mol. The van der Waals surface area contributed by atoms with Crippen LogP contribution in [-0.4, -0.2) is 41.1 Å². The van der Waals surface area contributed by atoms with Gasteiger partial charge in [0.1, 0.15) is 0 Å². The summed E-state index contributed by atoms with van der Waals surface area (Å²) in [7, 11) is 0. The zero-order valence-corrected chi connectivity index (χ0v) is 15.2. The van der Waals surface area contributed by atoms with Crippen LogP contribution >= 0.6 is 0 Å². The van der Waals surface area contributed by atoms with Gasteiger partial charge >= 0.3 is 5.97 Å². The maximum Gasteiger partial charge on any atom is 0.337 e. The SMILES string of the molecule is CCOC(CC(=O)Nc1cccc(-n2cc(C(=O)O)ccc2=O)c1)OCC. The summed E-state index contributed by atoms with van der Waals surface area (Å²) in [4.78, 5) is 35.4. The van der Waals surface area contributed by atoms with Gasteiger partial charge in [-0.05, 0) is 38.1 Å². The third kappa shape index (κ3) is 5.77. The Hall–Kier alpha value is -2.97. The molecule has 27 heavy (non-hydrogen) atoms. The fraction of sp³-hybridized carbons (Fsp3) is 0.316. The number of amides is 1. The fourth-order valence-electron chi connectivity index (χ4n) is 2.45. The molecule has 2 N–H and O–H groups in total. The minimum atomic E-state index is -1.13. The molecule has 0 bridgehead atoms. The number of hydrogen-bond donors (Lipinski definition) is 2. The number of rotatable bonds is 9. The van der Waals surface area contributed by atoms with Crippen molar-refractivity contribution in [3.63, 3.8) is 0 Å². The van der Waals surface area contributed by atoms with Crippen molar-refractivity contribution in [3.05, 3.63) is 58.5 Å².